The summed E-state index contributed by atoms with van der Waals surface area (Å²) in [6.45, 7) is 2.02. The average Bonchev–Trinajstić information content (AvgIpc) is 2.48. The molecule has 0 aliphatic carbocycles. The summed E-state index contributed by atoms with van der Waals surface area (Å²) in [5.74, 6) is 1.05. The van der Waals surface area contributed by atoms with Crippen molar-refractivity contribution in [3.8, 4) is 11.5 Å². The van der Waals surface area contributed by atoms with Gasteiger partial charge in [-0.15, -0.1) is 0 Å². The van der Waals surface area contributed by atoms with Crippen LogP contribution >= 0.6 is 11.6 Å². The van der Waals surface area contributed by atoms with E-state index in [1.807, 2.05) is 38.2 Å². The first kappa shape index (κ1) is 14.5. The van der Waals surface area contributed by atoms with Gasteiger partial charge in [0.1, 0.15) is 11.5 Å². The zero-order valence-corrected chi connectivity index (χ0v) is 12.6. The SMILES string of the molecule is COc1cccc(N(C)C(C)c2cc(Cl)ccc2O)c1. The minimum absolute atomic E-state index is 0.0131. The summed E-state index contributed by atoms with van der Waals surface area (Å²) in [4.78, 5) is 2.06. The predicted octanol–water partition coefficient (Wildman–Crippen LogP) is 4.25. The Hall–Kier alpha value is -1.87. The number of methoxy groups -OCH3 is 1. The van der Waals surface area contributed by atoms with Crippen molar-refractivity contribution in [3.63, 3.8) is 0 Å². The number of nitrogens with zero attached hydrogens (tertiary/aromatic N) is 1. The van der Waals surface area contributed by atoms with Crippen LogP contribution in [0.4, 0.5) is 5.69 Å². The molecule has 0 aliphatic heterocycles. The van der Waals surface area contributed by atoms with Crippen LogP contribution in [0.15, 0.2) is 42.5 Å². The minimum Gasteiger partial charge on any atom is -0.508 e. The fourth-order valence-corrected chi connectivity index (χ4v) is 2.30. The number of phenols is 1. The molecule has 2 aromatic rings. The third-order valence-corrected chi connectivity index (χ3v) is 3.72. The number of anilines is 1. The number of halogens is 1. The molecule has 1 atom stereocenters. The molecule has 1 unspecified atom stereocenters. The van der Waals surface area contributed by atoms with E-state index in [0.717, 1.165) is 17.0 Å². The number of ether oxygens (including phenoxy) is 1. The molecule has 0 saturated carbocycles. The Labute approximate surface area is 124 Å². The zero-order chi connectivity index (χ0) is 14.7. The maximum atomic E-state index is 9.99. The van der Waals surface area contributed by atoms with Crippen molar-refractivity contribution in [1.82, 2.24) is 0 Å². The maximum Gasteiger partial charge on any atom is 0.120 e. The van der Waals surface area contributed by atoms with Crippen molar-refractivity contribution >= 4 is 17.3 Å². The van der Waals surface area contributed by atoms with Crippen LogP contribution in [0, 0.1) is 0 Å². The quantitative estimate of drug-likeness (QED) is 0.914. The third-order valence-electron chi connectivity index (χ3n) is 3.48. The topological polar surface area (TPSA) is 32.7 Å². The highest BCUT2D eigenvalue weighted by atomic mass is 35.5. The fourth-order valence-electron chi connectivity index (χ4n) is 2.12. The monoisotopic (exact) mass is 291 g/mol. The van der Waals surface area contributed by atoms with Crippen LogP contribution in [0.2, 0.25) is 5.02 Å². The standard InChI is InChI=1S/C16H18ClNO2/c1-11(15-9-12(17)7-8-16(15)19)18(2)13-5-4-6-14(10-13)20-3/h4-11,19H,1-3H3. The Morgan fingerprint density at radius 3 is 2.65 bits per heavy atom. The molecular weight excluding hydrogens is 274 g/mol. The van der Waals surface area contributed by atoms with Gasteiger partial charge in [-0.05, 0) is 37.3 Å². The van der Waals surface area contributed by atoms with E-state index < -0.39 is 0 Å². The van der Waals surface area contributed by atoms with Crippen molar-refractivity contribution in [2.45, 2.75) is 13.0 Å². The molecule has 0 aliphatic rings. The first-order valence-corrected chi connectivity index (χ1v) is 6.76. The van der Waals surface area contributed by atoms with E-state index in [9.17, 15) is 5.11 Å². The van der Waals surface area contributed by atoms with E-state index in [0.29, 0.717) is 5.02 Å². The Kier molecular flexibility index (Phi) is 4.40. The lowest BCUT2D eigenvalue weighted by Crippen LogP contribution is -2.21. The first-order chi connectivity index (χ1) is 9.52. The fraction of sp³-hybridized carbons (Fsp3) is 0.250. The summed E-state index contributed by atoms with van der Waals surface area (Å²) in [6.07, 6.45) is 0. The van der Waals surface area contributed by atoms with Crippen LogP contribution in [-0.4, -0.2) is 19.3 Å². The highest BCUT2D eigenvalue weighted by Gasteiger charge is 2.16. The minimum atomic E-state index is -0.0131. The Morgan fingerprint density at radius 2 is 1.95 bits per heavy atom. The molecule has 0 spiro atoms. The first-order valence-electron chi connectivity index (χ1n) is 6.38. The van der Waals surface area contributed by atoms with Gasteiger partial charge in [0.2, 0.25) is 0 Å². The van der Waals surface area contributed by atoms with Gasteiger partial charge in [-0.1, -0.05) is 17.7 Å². The second-order valence-electron chi connectivity index (χ2n) is 4.69. The van der Waals surface area contributed by atoms with Crippen molar-refractivity contribution in [3.05, 3.63) is 53.1 Å². The summed E-state index contributed by atoms with van der Waals surface area (Å²) in [5.41, 5.74) is 1.80. The summed E-state index contributed by atoms with van der Waals surface area (Å²) >= 11 is 6.01. The lowest BCUT2D eigenvalue weighted by atomic mass is 10.1. The van der Waals surface area contributed by atoms with Gasteiger partial charge in [-0.25, -0.2) is 0 Å². The average molecular weight is 292 g/mol. The number of phenolic OH excluding ortho intramolecular Hbond substituents is 1. The molecule has 2 aromatic carbocycles. The van der Waals surface area contributed by atoms with E-state index in [2.05, 4.69) is 4.90 Å². The van der Waals surface area contributed by atoms with Crippen molar-refractivity contribution in [2.75, 3.05) is 19.1 Å². The third kappa shape index (κ3) is 2.99. The molecule has 0 aromatic heterocycles. The second kappa shape index (κ2) is 6.06. The van der Waals surface area contributed by atoms with Gasteiger partial charge in [0, 0.05) is 29.4 Å². The molecule has 0 radical (unpaired) electrons. The normalized spacial score (nSPS) is 12.0. The molecule has 0 bridgehead atoms. The molecule has 4 heteroatoms. The van der Waals surface area contributed by atoms with Gasteiger partial charge < -0.3 is 14.7 Å². The molecular formula is C16H18ClNO2. The van der Waals surface area contributed by atoms with Crippen LogP contribution in [-0.2, 0) is 0 Å². The lowest BCUT2D eigenvalue weighted by molar-refractivity contribution is 0.414. The van der Waals surface area contributed by atoms with Crippen LogP contribution in [0.5, 0.6) is 11.5 Å². The molecule has 3 nitrogen and oxygen atoms in total. The van der Waals surface area contributed by atoms with Gasteiger partial charge in [0.05, 0.1) is 13.2 Å². The Morgan fingerprint density at radius 1 is 1.20 bits per heavy atom. The molecule has 0 saturated heterocycles. The smallest absolute Gasteiger partial charge is 0.120 e. The van der Waals surface area contributed by atoms with Crippen LogP contribution in [0.25, 0.3) is 0 Å². The van der Waals surface area contributed by atoms with E-state index in [-0.39, 0.29) is 11.8 Å². The van der Waals surface area contributed by atoms with Crippen LogP contribution in [0.1, 0.15) is 18.5 Å². The van der Waals surface area contributed by atoms with Crippen LogP contribution < -0.4 is 9.64 Å². The Bertz CT molecular complexity index is 601. The van der Waals surface area contributed by atoms with Crippen molar-refractivity contribution < 1.29 is 9.84 Å². The molecule has 106 valence electrons. The summed E-state index contributed by atoms with van der Waals surface area (Å²) in [6, 6.07) is 12.9. The molecule has 20 heavy (non-hydrogen) atoms. The Balaban J connectivity index is 2.31. The molecule has 0 heterocycles. The number of aromatic hydroxyl groups is 1. The van der Waals surface area contributed by atoms with E-state index >= 15 is 0 Å². The largest absolute Gasteiger partial charge is 0.508 e. The second-order valence-corrected chi connectivity index (χ2v) is 5.13. The summed E-state index contributed by atoms with van der Waals surface area (Å²) < 4.78 is 5.24. The number of benzene rings is 2. The molecule has 0 amide bonds. The maximum absolute atomic E-state index is 9.99. The van der Waals surface area contributed by atoms with E-state index in [1.165, 1.54) is 0 Å². The number of hydrogen-bond donors (Lipinski definition) is 1. The molecule has 0 fully saturated rings. The van der Waals surface area contributed by atoms with Crippen molar-refractivity contribution in [1.29, 1.82) is 0 Å². The summed E-state index contributed by atoms with van der Waals surface area (Å²) in [5, 5.41) is 10.6. The predicted molar refractivity (Wildman–Crippen MR) is 82.9 cm³/mol. The highest BCUT2D eigenvalue weighted by molar-refractivity contribution is 6.30. The van der Waals surface area contributed by atoms with Gasteiger partial charge >= 0.3 is 0 Å². The number of hydrogen-bond acceptors (Lipinski definition) is 3. The summed E-state index contributed by atoms with van der Waals surface area (Å²) in [7, 11) is 3.62. The van der Waals surface area contributed by atoms with E-state index in [4.69, 9.17) is 16.3 Å². The number of rotatable bonds is 4. The van der Waals surface area contributed by atoms with Crippen molar-refractivity contribution in [2.24, 2.45) is 0 Å². The van der Waals surface area contributed by atoms with E-state index in [1.54, 1.807) is 25.3 Å². The van der Waals surface area contributed by atoms with Gasteiger partial charge in [0.15, 0.2) is 0 Å². The molecule has 1 N–H and O–H groups in total. The van der Waals surface area contributed by atoms with Gasteiger partial charge in [0.25, 0.3) is 0 Å². The van der Waals surface area contributed by atoms with Gasteiger partial charge in [-0.2, -0.15) is 0 Å². The lowest BCUT2D eigenvalue weighted by Gasteiger charge is -2.28. The van der Waals surface area contributed by atoms with Gasteiger partial charge in [-0.3, -0.25) is 0 Å². The molecule has 2 rings (SSSR count). The highest BCUT2D eigenvalue weighted by Crippen LogP contribution is 2.33. The van der Waals surface area contributed by atoms with Crippen LogP contribution in [0.3, 0.4) is 0 Å². The zero-order valence-electron chi connectivity index (χ0n) is 11.8.